The highest BCUT2D eigenvalue weighted by atomic mass is 16.6. The number of hydrogen-bond donors (Lipinski definition) is 3. The van der Waals surface area contributed by atoms with Crippen LogP contribution in [0.1, 0.15) is 12.0 Å². The molecular weight excluding hydrogens is 312 g/mol. The van der Waals surface area contributed by atoms with E-state index in [9.17, 15) is 10.2 Å². The van der Waals surface area contributed by atoms with Gasteiger partial charge in [0.25, 0.3) is 0 Å². The number of methoxy groups -OCH3 is 1. The molecule has 0 spiro atoms. The Kier molecular flexibility index (Phi) is 5.35. The third-order valence-corrected chi connectivity index (χ3v) is 4.56. The second-order valence-electron chi connectivity index (χ2n) is 6.10. The number of benzene rings is 1. The first-order valence-electron chi connectivity index (χ1n) is 8.07. The predicted octanol–water partition coefficient (Wildman–Crippen LogP) is 0.0912. The molecule has 3 rings (SSSR count). The monoisotopic (exact) mass is 336 g/mol. The average molecular weight is 336 g/mol. The predicted molar refractivity (Wildman–Crippen MR) is 88.2 cm³/mol. The van der Waals surface area contributed by atoms with Gasteiger partial charge in [-0.25, -0.2) is 0 Å². The SMILES string of the molecule is CN=C1C[C@H]2O[C@H](COCc3ccc(OC)cc3)[C@@H](O)[C@H](O)[C@H]2N1. The number of fused-ring (bicyclic) bond motifs is 1. The van der Waals surface area contributed by atoms with Gasteiger partial charge in [0.1, 0.15) is 24.1 Å². The first-order valence-corrected chi connectivity index (χ1v) is 8.07. The van der Waals surface area contributed by atoms with Crippen LogP contribution in [-0.2, 0) is 16.1 Å². The molecule has 2 aliphatic rings. The molecule has 0 amide bonds. The number of ether oxygens (including phenoxy) is 3. The number of aliphatic hydroxyl groups is 2. The molecule has 0 aliphatic carbocycles. The van der Waals surface area contributed by atoms with Gasteiger partial charge < -0.3 is 29.7 Å². The van der Waals surface area contributed by atoms with Gasteiger partial charge in [0, 0.05) is 13.5 Å². The van der Waals surface area contributed by atoms with E-state index in [-0.39, 0.29) is 18.8 Å². The number of nitrogens with one attached hydrogen (secondary N) is 1. The van der Waals surface area contributed by atoms with Crippen LogP contribution in [0.2, 0.25) is 0 Å². The van der Waals surface area contributed by atoms with Gasteiger partial charge in [-0.1, -0.05) is 12.1 Å². The molecule has 0 unspecified atom stereocenters. The van der Waals surface area contributed by atoms with Crippen LogP contribution < -0.4 is 10.1 Å². The molecule has 3 N–H and O–H groups in total. The smallest absolute Gasteiger partial charge is 0.118 e. The lowest BCUT2D eigenvalue weighted by Crippen LogP contribution is -2.60. The van der Waals surface area contributed by atoms with Crippen molar-refractivity contribution in [1.82, 2.24) is 5.32 Å². The third-order valence-electron chi connectivity index (χ3n) is 4.56. The summed E-state index contributed by atoms with van der Waals surface area (Å²) < 4.78 is 16.7. The van der Waals surface area contributed by atoms with Crippen molar-refractivity contribution in [3.05, 3.63) is 29.8 Å². The topological polar surface area (TPSA) is 92.5 Å². The Labute approximate surface area is 141 Å². The van der Waals surface area contributed by atoms with E-state index in [1.165, 1.54) is 0 Å². The number of amidine groups is 1. The zero-order chi connectivity index (χ0) is 17.1. The number of aliphatic imine (C=N–C) groups is 1. The van der Waals surface area contributed by atoms with Crippen molar-refractivity contribution in [3.8, 4) is 5.75 Å². The maximum atomic E-state index is 10.3. The second-order valence-corrected chi connectivity index (χ2v) is 6.10. The average Bonchev–Trinajstić information content (AvgIpc) is 3.03. The summed E-state index contributed by atoms with van der Waals surface area (Å²) in [7, 11) is 3.32. The van der Waals surface area contributed by atoms with Gasteiger partial charge in [0.15, 0.2) is 0 Å². The van der Waals surface area contributed by atoms with Crippen molar-refractivity contribution in [1.29, 1.82) is 0 Å². The van der Waals surface area contributed by atoms with Crippen LogP contribution >= 0.6 is 0 Å². The highest BCUT2D eigenvalue weighted by molar-refractivity contribution is 5.85. The first kappa shape index (κ1) is 17.2. The highest BCUT2D eigenvalue weighted by Gasteiger charge is 2.48. The molecule has 0 radical (unpaired) electrons. The van der Waals surface area contributed by atoms with Crippen molar-refractivity contribution >= 4 is 5.84 Å². The molecule has 0 aromatic heterocycles. The van der Waals surface area contributed by atoms with E-state index in [0.717, 1.165) is 17.1 Å². The highest BCUT2D eigenvalue weighted by Crippen LogP contribution is 2.27. The van der Waals surface area contributed by atoms with Gasteiger partial charge in [-0.15, -0.1) is 0 Å². The standard InChI is InChI=1S/C17H24N2O5/c1-18-14-7-12-15(19-14)17(21)16(20)13(24-12)9-23-8-10-3-5-11(22-2)6-4-10/h3-6,12-13,15-17,20-21H,7-9H2,1-2H3,(H,18,19)/t12-,13-,15+,16-,17-/m1/s1. The van der Waals surface area contributed by atoms with E-state index in [1.54, 1.807) is 14.2 Å². The minimum Gasteiger partial charge on any atom is -0.497 e. The fourth-order valence-corrected chi connectivity index (χ4v) is 3.15. The Bertz CT molecular complexity index is 577. The van der Waals surface area contributed by atoms with E-state index in [2.05, 4.69) is 10.3 Å². The van der Waals surface area contributed by atoms with Crippen molar-refractivity contribution in [2.24, 2.45) is 4.99 Å². The molecule has 7 heteroatoms. The molecule has 2 saturated heterocycles. The largest absolute Gasteiger partial charge is 0.497 e. The van der Waals surface area contributed by atoms with Crippen molar-refractivity contribution in [2.45, 2.75) is 43.5 Å². The van der Waals surface area contributed by atoms with Crippen molar-refractivity contribution < 1.29 is 24.4 Å². The van der Waals surface area contributed by atoms with Crippen LogP contribution in [0.3, 0.4) is 0 Å². The van der Waals surface area contributed by atoms with E-state index in [0.29, 0.717) is 13.0 Å². The van der Waals surface area contributed by atoms with Gasteiger partial charge in [-0.2, -0.15) is 0 Å². The number of aliphatic hydroxyl groups excluding tert-OH is 2. The van der Waals surface area contributed by atoms with E-state index in [4.69, 9.17) is 14.2 Å². The Balaban J connectivity index is 1.53. The molecule has 132 valence electrons. The molecule has 0 bridgehead atoms. The van der Waals surface area contributed by atoms with Crippen molar-refractivity contribution in [3.63, 3.8) is 0 Å². The van der Waals surface area contributed by atoms with Crippen LogP contribution in [0.4, 0.5) is 0 Å². The molecule has 1 aromatic rings. The van der Waals surface area contributed by atoms with Crippen LogP contribution in [0, 0.1) is 0 Å². The Morgan fingerprint density at radius 1 is 1.25 bits per heavy atom. The van der Waals surface area contributed by atoms with Crippen LogP contribution in [-0.4, -0.2) is 67.3 Å². The molecule has 5 atom stereocenters. The van der Waals surface area contributed by atoms with E-state index in [1.807, 2.05) is 24.3 Å². The summed E-state index contributed by atoms with van der Waals surface area (Å²) in [5, 5.41) is 23.6. The van der Waals surface area contributed by atoms with Crippen LogP contribution in [0.25, 0.3) is 0 Å². The Morgan fingerprint density at radius 2 is 2.00 bits per heavy atom. The second kappa shape index (κ2) is 7.48. The summed E-state index contributed by atoms with van der Waals surface area (Å²) in [5.74, 6) is 1.58. The summed E-state index contributed by atoms with van der Waals surface area (Å²) >= 11 is 0. The first-order chi connectivity index (χ1) is 11.6. The number of hydrogen-bond acceptors (Lipinski definition) is 6. The summed E-state index contributed by atoms with van der Waals surface area (Å²) in [5.41, 5.74) is 1.00. The molecule has 2 fully saturated rings. The molecule has 2 aliphatic heterocycles. The lowest BCUT2D eigenvalue weighted by atomic mass is 9.94. The Hall–Kier alpha value is -1.67. The minimum atomic E-state index is -0.995. The van der Waals surface area contributed by atoms with Gasteiger partial charge in [-0.05, 0) is 17.7 Å². The minimum absolute atomic E-state index is 0.198. The van der Waals surface area contributed by atoms with Crippen molar-refractivity contribution in [2.75, 3.05) is 20.8 Å². The lowest BCUT2D eigenvalue weighted by Gasteiger charge is -2.39. The molecular formula is C17H24N2O5. The van der Waals surface area contributed by atoms with Gasteiger partial charge >= 0.3 is 0 Å². The molecule has 2 heterocycles. The molecule has 24 heavy (non-hydrogen) atoms. The summed E-state index contributed by atoms with van der Waals surface area (Å²) in [6.45, 7) is 0.618. The Morgan fingerprint density at radius 3 is 2.67 bits per heavy atom. The zero-order valence-electron chi connectivity index (χ0n) is 13.9. The van der Waals surface area contributed by atoms with Gasteiger partial charge in [0.2, 0.25) is 0 Å². The summed E-state index contributed by atoms with van der Waals surface area (Å²) in [4.78, 5) is 4.10. The number of nitrogens with zero attached hydrogens (tertiary/aromatic N) is 1. The van der Waals surface area contributed by atoms with Gasteiger partial charge in [-0.3, -0.25) is 4.99 Å². The normalized spacial score (nSPS) is 34.0. The summed E-state index contributed by atoms with van der Waals surface area (Å²) in [6, 6.07) is 7.26. The van der Waals surface area contributed by atoms with E-state index >= 15 is 0 Å². The molecule has 7 nitrogen and oxygen atoms in total. The van der Waals surface area contributed by atoms with E-state index < -0.39 is 18.3 Å². The molecule has 1 aromatic carbocycles. The maximum absolute atomic E-state index is 10.3. The zero-order valence-corrected chi connectivity index (χ0v) is 13.9. The van der Waals surface area contributed by atoms with Crippen LogP contribution in [0.5, 0.6) is 5.75 Å². The number of rotatable bonds is 5. The van der Waals surface area contributed by atoms with Gasteiger partial charge in [0.05, 0.1) is 38.3 Å². The van der Waals surface area contributed by atoms with Crippen LogP contribution in [0.15, 0.2) is 29.3 Å². The quantitative estimate of drug-likeness (QED) is 0.706. The summed E-state index contributed by atoms with van der Waals surface area (Å²) in [6.07, 6.45) is -2.04. The maximum Gasteiger partial charge on any atom is 0.118 e. The third kappa shape index (κ3) is 3.54. The lowest BCUT2D eigenvalue weighted by molar-refractivity contribution is -0.191. The fraction of sp³-hybridized carbons (Fsp3) is 0.588. The molecule has 0 saturated carbocycles. The fourth-order valence-electron chi connectivity index (χ4n) is 3.15.